The Morgan fingerprint density at radius 1 is 1.48 bits per heavy atom. The molecular weight excluding hydrogens is 268 g/mol. The van der Waals surface area contributed by atoms with Crippen molar-refractivity contribution in [2.24, 2.45) is 0 Å². The van der Waals surface area contributed by atoms with E-state index in [1.807, 2.05) is 31.1 Å². The van der Waals surface area contributed by atoms with Gasteiger partial charge in [-0.2, -0.15) is 0 Å². The Morgan fingerprint density at radius 3 is 2.86 bits per heavy atom. The van der Waals surface area contributed by atoms with Crippen LogP contribution >= 0.6 is 0 Å². The number of imidazole rings is 1. The highest BCUT2D eigenvalue weighted by Gasteiger charge is 2.46. The van der Waals surface area contributed by atoms with Gasteiger partial charge in [0.25, 0.3) is 5.91 Å². The molecule has 6 nitrogen and oxygen atoms in total. The predicted molar refractivity (Wildman–Crippen MR) is 78.8 cm³/mol. The van der Waals surface area contributed by atoms with Crippen LogP contribution in [-0.4, -0.2) is 52.6 Å². The number of aromatic nitrogens is 2. The first-order valence-electron chi connectivity index (χ1n) is 7.89. The highest BCUT2D eigenvalue weighted by molar-refractivity contribution is 5.81. The van der Waals surface area contributed by atoms with E-state index in [1.54, 1.807) is 0 Å². The molecule has 0 unspecified atom stereocenters. The number of nitrogens with one attached hydrogen (secondary N) is 1. The Kier molecular flexibility index (Phi) is 3.99. The van der Waals surface area contributed by atoms with E-state index in [-0.39, 0.29) is 5.91 Å². The van der Waals surface area contributed by atoms with Crippen molar-refractivity contribution >= 4 is 5.91 Å². The van der Waals surface area contributed by atoms with Gasteiger partial charge in [-0.15, -0.1) is 0 Å². The van der Waals surface area contributed by atoms with E-state index >= 15 is 0 Å². The zero-order valence-corrected chi connectivity index (χ0v) is 12.8. The molecule has 1 atom stereocenters. The summed E-state index contributed by atoms with van der Waals surface area (Å²) in [5, 5.41) is 3.36. The lowest BCUT2D eigenvalue weighted by Gasteiger charge is -2.43. The number of nitrogens with zero attached hydrogens (tertiary/aromatic N) is 3. The van der Waals surface area contributed by atoms with Gasteiger partial charge in [0.2, 0.25) is 0 Å². The number of hydrogen-bond acceptors (Lipinski definition) is 4. The average molecular weight is 292 g/mol. The summed E-state index contributed by atoms with van der Waals surface area (Å²) in [5.74, 6) is 1.07. The van der Waals surface area contributed by atoms with E-state index in [0.717, 1.165) is 44.8 Å². The van der Waals surface area contributed by atoms with Crippen LogP contribution in [-0.2, 0) is 21.7 Å². The van der Waals surface area contributed by atoms with Gasteiger partial charge in [-0.3, -0.25) is 4.79 Å². The molecule has 1 saturated heterocycles. The third-order valence-corrected chi connectivity index (χ3v) is 4.62. The molecule has 0 bridgehead atoms. The van der Waals surface area contributed by atoms with Gasteiger partial charge in [0.1, 0.15) is 11.4 Å². The summed E-state index contributed by atoms with van der Waals surface area (Å²) in [6.07, 6.45) is 5.11. The van der Waals surface area contributed by atoms with Crippen LogP contribution < -0.4 is 5.32 Å². The van der Waals surface area contributed by atoms with E-state index in [4.69, 9.17) is 4.74 Å². The summed E-state index contributed by atoms with van der Waals surface area (Å²) in [7, 11) is 0. The Hall–Kier alpha value is -1.40. The zero-order chi connectivity index (χ0) is 14.9. The smallest absolute Gasteiger partial charge is 0.253 e. The van der Waals surface area contributed by atoms with E-state index in [1.165, 1.54) is 0 Å². The highest BCUT2D eigenvalue weighted by atomic mass is 16.5. The van der Waals surface area contributed by atoms with Gasteiger partial charge < -0.3 is 19.5 Å². The van der Waals surface area contributed by atoms with Crippen molar-refractivity contribution < 1.29 is 9.53 Å². The highest BCUT2D eigenvalue weighted by Crippen LogP contribution is 2.38. The number of carbonyl (C=O) groups excluding carboxylic acids is 1. The van der Waals surface area contributed by atoms with Gasteiger partial charge in [0.15, 0.2) is 6.10 Å². The number of rotatable bonds is 3. The molecule has 116 valence electrons. The lowest BCUT2D eigenvalue weighted by atomic mass is 9.89. The van der Waals surface area contributed by atoms with Gasteiger partial charge in [-0.25, -0.2) is 4.98 Å². The summed E-state index contributed by atoms with van der Waals surface area (Å²) >= 11 is 0. The van der Waals surface area contributed by atoms with Crippen molar-refractivity contribution in [3.63, 3.8) is 0 Å². The van der Waals surface area contributed by atoms with Crippen LogP contribution in [0.1, 0.15) is 32.5 Å². The van der Waals surface area contributed by atoms with Crippen LogP contribution in [0.3, 0.4) is 0 Å². The fourth-order valence-electron chi connectivity index (χ4n) is 3.44. The van der Waals surface area contributed by atoms with Crippen LogP contribution in [0.5, 0.6) is 0 Å². The standard InChI is InChI=1S/C15H24N4O2/c1-3-18(4-2)13(20)12-11-19-10-9-17-14(19)15(21-12)5-7-16-8-6-15/h9-10,12,16H,3-8,11H2,1-2H3/t12-/m1/s1. The summed E-state index contributed by atoms with van der Waals surface area (Å²) in [5.41, 5.74) is -0.402. The van der Waals surface area contributed by atoms with Crippen molar-refractivity contribution in [1.29, 1.82) is 0 Å². The molecule has 1 N–H and O–H groups in total. The molecular formula is C15H24N4O2. The molecule has 2 aliphatic heterocycles. The number of amides is 1. The number of hydrogen-bond donors (Lipinski definition) is 1. The molecule has 3 heterocycles. The zero-order valence-electron chi connectivity index (χ0n) is 12.8. The minimum atomic E-state index is -0.402. The summed E-state index contributed by atoms with van der Waals surface area (Å²) in [4.78, 5) is 19.0. The van der Waals surface area contributed by atoms with Crippen molar-refractivity contribution in [3.8, 4) is 0 Å². The van der Waals surface area contributed by atoms with E-state index < -0.39 is 11.7 Å². The van der Waals surface area contributed by atoms with Crippen molar-refractivity contribution in [3.05, 3.63) is 18.2 Å². The van der Waals surface area contributed by atoms with Gasteiger partial charge >= 0.3 is 0 Å². The number of fused-ring (bicyclic) bond motifs is 2. The topological polar surface area (TPSA) is 59.4 Å². The first kappa shape index (κ1) is 14.5. The lowest BCUT2D eigenvalue weighted by Crippen LogP contribution is -2.54. The summed E-state index contributed by atoms with van der Waals surface area (Å²) < 4.78 is 8.43. The Balaban J connectivity index is 1.89. The molecule has 6 heteroatoms. The predicted octanol–water partition coefficient (Wildman–Crippen LogP) is 0.729. The first-order chi connectivity index (χ1) is 10.2. The third-order valence-electron chi connectivity index (χ3n) is 4.62. The van der Waals surface area contributed by atoms with Gasteiger partial charge in [-0.05, 0) is 39.8 Å². The molecule has 1 amide bonds. The van der Waals surface area contributed by atoms with Crippen molar-refractivity contribution in [2.45, 2.75) is 44.9 Å². The molecule has 0 aliphatic carbocycles. The molecule has 0 aromatic carbocycles. The molecule has 1 aromatic rings. The maximum absolute atomic E-state index is 12.7. The molecule has 3 rings (SSSR count). The second kappa shape index (κ2) is 5.77. The minimum absolute atomic E-state index is 0.0947. The lowest BCUT2D eigenvalue weighted by molar-refractivity contribution is -0.176. The normalized spacial score (nSPS) is 23.8. The number of ether oxygens (including phenoxy) is 1. The maximum Gasteiger partial charge on any atom is 0.253 e. The van der Waals surface area contributed by atoms with Crippen LogP contribution in [0.25, 0.3) is 0 Å². The second-order valence-corrected chi connectivity index (χ2v) is 5.76. The molecule has 0 radical (unpaired) electrons. The van der Waals surface area contributed by atoms with Gasteiger partial charge in [0, 0.05) is 25.5 Å². The average Bonchev–Trinajstić information content (AvgIpc) is 2.98. The SMILES string of the molecule is CCN(CC)C(=O)[C@H]1Cn2ccnc2C2(CCNCC2)O1. The largest absolute Gasteiger partial charge is 0.352 e. The number of carbonyl (C=O) groups is 1. The molecule has 0 saturated carbocycles. The van der Waals surface area contributed by atoms with Gasteiger partial charge in [0.05, 0.1) is 6.54 Å². The van der Waals surface area contributed by atoms with E-state index in [0.29, 0.717) is 6.54 Å². The summed E-state index contributed by atoms with van der Waals surface area (Å²) in [6, 6.07) is 0. The quantitative estimate of drug-likeness (QED) is 0.892. The van der Waals surface area contributed by atoms with Crippen LogP contribution in [0, 0.1) is 0 Å². The van der Waals surface area contributed by atoms with E-state index in [2.05, 4.69) is 14.9 Å². The Labute approximate surface area is 125 Å². The monoisotopic (exact) mass is 292 g/mol. The Bertz CT molecular complexity index is 504. The maximum atomic E-state index is 12.7. The Morgan fingerprint density at radius 2 is 2.19 bits per heavy atom. The molecule has 2 aliphatic rings. The fraction of sp³-hybridized carbons (Fsp3) is 0.733. The van der Waals surface area contributed by atoms with Crippen LogP contribution in [0.4, 0.5) is 0 Å². The van der Waals surface area contributed by atoms with Gasteiger partial charge in [-0.1, -0.05) is 0 Å². The van der Waals surface area contributed by atoms with Crippen molar-refractivity contribution in [2.75, 3.05) is 26.2 Å². The molecule has 21 heavy (non-hydrogen) atoms. The fourth-order valence-corrected chi connectivity index (χ4v) is 3.44. The third kappa shape index (κ3) is 2.46. The van der Waals surface area contributed by atoms with Crippen LogP contribution in [0.15, 0.2) is 12.4 Å². The number of piperidine rings is 1. The molecule has 1 spiro atoms. The van der Waals surface area contributed by atoms with E-state index in [9.17, 15) is 4.79 Å². The van der Waals surface area contributed by atoms with Crippen LogP contribution in [0.2, 0.25) is 0 Å². The second-order valence-electron chi connectivity index (χ2n) is 5.76. The minimum Gasteiger partial charge on any atom is -0.352 e. The molecule has 1 fully saturated rings. The van der Waals surface area contributed by atoms with Crippen molar-refractivity contribution in [1.82, 2.24) is 19.8 Å². The number of likely N-dealkylation sites (N-methyl/N-ethyl adjacent to an activating group) is 1. The first-order valence-corrected chi connectivity index (χ1v) is 7.89. The summed E-state index contributed by atoms with van der Waals surface area (Å²) in [6.45, 7) is 7.83. The molecule has 1 aromatic heterocycles.